The first-order valence-corrected chi connectivity index (χ1v) is 10.1. The number of carboxylic acids is 1. The minimum Gasteiger partial charge on any atom is -0.496 e. The number of hydrogen-bond acceptors (Lipinski definition) is 7. The van der Waals surface area contributed by atoms with Gasteiger partial charge in [-0.1, -0.05) is 12.1 Å². The number of rotatable bonds is 10. The Bertz CT molecular complexity index is 1040. The van der Waals surface area contributed by atoms with Gasteiger partial charge in [-0.15, -0.1) is 0 Å². The number of benzene rings is 2. The van der Waals surface area contributed by atoms with Crippen molar-refractivity contribution in [1.82, 2.24) is 10.2 Å². The van der Waals surface area contributed by atoms with Gasteiger partial charge in [-0.25, -0.2) is 4.79 Å². The maximum Gasteiger partial charge on any atom is 0.335 e. The Labute approximate surface area is 193 Å². The third kappa shape index (κ3) is 6.49. The predicted octanol–water partition coefficient (Wildman–Crippen LogP) is 3.47. The highest BCUT2D eigenvalue weighted by atomic mass is 16.5. The third-order valence-corrected chi connectivity index (χ3v) is 4.77. The Morgan fingerprint density at radius 2 is 1.52 bits per heavy atom. The van der Waals surface area contributed by atoms with Gasteiger partial charge in [0.25, 0.3) is 5.91 Å². The summed E-state index contributed by atoms with van der Waals surface area (Å²) < 4.78 is 16.6. The van der Waals surface area contributed by atoms with E-state index < -0.39 is 17.9 Å². The van der Waals surface area contributed by atoms with E-state index in [0.717, 1.165) is 5.56 Å². The fourth-order valence-corrected chi connectivity index (χ4v) is 3.01. The zero-order valence-corrected chi connectivity index (χ0v) is 19.6. The molecular formula is C24H29N3O6. The van der Waals surface area contributed by atoms with Crippen LogP contribution in [0.1, 0.15) is 35.8 Å². The highest BCUT2D eigenvalue weighted by Gasteiger charge is 2.24. The summed E-state index contributed by atoms with van der Waals surface area (Å²) in [5.41, 5.74) is 0.945. The van der Waals surface area contributed by atoms with Crippen molar-refractivity contribution in [3.8, 4) is 17.2 Å². The van der Waals surface area contributed by atoms with E-state index >= 15 is 0 Å². The Hall–Kier alpha value is -4.01. The summed E-state index contributed by atoms with van der Waals surface area (Å²) in [6.45, 7) is 3.27. The van der Waals surface area contributed by atoms with Crippen LogP contribution in [0.4, 0.5) is 0 Å². The molecule has 33 heavy (non-hydrogen) atoms. The summed E-state index contributed by atoms with van der Waals surface area (Å²) in [6, 6.07) is 10.8. The van der Waals surface area contributed by atoms with Crippen molar-refractivity contribution in [2.75, 3.05) is 28.3 Å². The first kappa shape index (κ1) is 25.3. The second kappa shape index (κ2) is 11.0. The van der Waals surface area contributed by atoms with Crippen molar-refractivity contribution in [2.45, 2.75) is 19.9 Å². The van der Waals surface area contributed by atoms with E-state index in [2.05, 4.69) is 5.32 Å². The molecule has 0 saturated heterocycles. The molecule has 0 aliphatic heterocycles. The Morgan fingerprint density at radius 1 is 1.00 bits per heavy atom. The maximum absolute atomic E-state index is 13.2. The molecule has 0 aliphatic carbocycles. The fraction of sp³-hybridized carbons (Fsp3) is 0.292. The van der Waals surface area contributed by atoms with Crippen LogP contribution in [0.2, 0.25) is 0 Å². The van der Waals surface area contributed by atoms with Crippen LogP contribution in [0, 0.1) is 5.41 Å². The molecule has 0 unspecified atom stereocenters. The average Bonchev–Trinajstić information content (AvgIpc) is 2.77. The summed E-state index contributed by atoms with van der Waals surface area (Å²) in [6.07, 6.45) is 0. The van der Waals surface area contributed by atoms with Crippen molar-refractivity contribution in [3.05, 3.63) is 65.0 Å². The number of aromatic carboxylic acids is 1. The van der Waals surface area contributed by atoms with Gasteiger partial charge in [-0.05, 0) is 31.5 Å². The van der Waals surface area contributed by atoms with E-state index in [0.29, 0.717) is 17.2 Å². The second-order valence-electron chi connectivity index (χ2n) is 7.47. The smallest absolute Gasteiger partial charge is 0.335 e. The molecule has 176 valence electrons. The largest absolute Gasteiger partial charge is 0.496 e. The molecule has 9 heteroatoms. The molecule has 2 aromatic rings. The minimum absolute atomic E-state index is 0.0134. The quantitative estimate of drug-likeness (QED) is 0.285. The number of ether oxygens (including phenoxy) is 3. The second-order valence-corrected chi connectivity index (χ2v) is 7.47. The zero-order valence-electron chi connectivity index (χ0n) is 19.6. The fourth-order valence-electron chi connectivity index (χ4n) is 3.01. The lowest BCUT2D eigenvalue weighted by Gasteiger charge is -2.23. The molecular weight excluding hydrogens is 426 g/mol. The molecule has 0 radical (unpaired) electrons. The third-order valence-electron chi connectivity index (χ3n) is 4.77. The number of carboxylic acid groups (broad SMARTS) is 1. The molecule has 2 rings (SSSR count). The number of amides is 1. The summed E-state index contributed by atoms with van der Waals surface area (Å²) in [7, 11) is 6.45. The van der Waals surface area contributed by atoms with E-state index in [4.69, 9.17) is 24.7 Å². The van der Waals surface area contributed by atoms with Gasteiger partial charge >= 0.3 is 5.97 Å². The average molecular weight is 456 g/mol. The van der Waals surface area contributed by atoms with Crippen molar-refractivity contribution in [1.29, 1.82) is 5.41 Å². The number of nitrogens with one attached hydrogen (secondary N) is 2. The highest BCUT2D eigenvalue weighted by Crippen LogP contribution is 2.29. The summed E-state index contributed by atoms with van der Waals surface area (Å²) >= 11 is 0. The SMILES string of the molecule is COc1cc(OC)cc(O/C(=C(/C(C)=N)C(=O)N[C@@H](C)c2ccc(C(=O)O)cc2)N(C)C)c1. The lowest BCUT2D eigenvalue weighted by atomic mass is 10.0. The lowest BCUT2D eigenvalue weighted by Crippen LogP contribution is -2.34. The minimum atomic E-state index is -1.02. The monoisotopic (exact) mass is 455 g/mol. The van der Waals surface area contributed by atoms with E-state index in [1.807, 2.05) is 0 Å². The van der Waals surface area contributed by atoms with Gasteiger partial charge in [0.05, 0.1) is 25.8 Å². The van der Waals surface area contributed by atoms with Crippen LogP contribution in [-0.4, -0.2) is 55.9 Å². The van der Waals surface area contributed by atoms with Gasteiger partial charge in [-0.2, -0.15) is 0 Å². The van der Waals surface area contributed by atoms with Crippen LogP contribution in [0.15, 0.2) is 53.9 Å². The normalized spacial score (nSPS) is 12.2. The number of nitrogens with zero attached hydrogens (tertiary/aromatic N) is 1. The molecule has 0 heterocycles. The standard InChI is InChI=1S/C24H29N3O6/c1-14(25)21(22(28)26-15(2)16-7-9-17(10-8-16)24(29)30)23(27(3)4)33-20-12-18(31-5)11-19(13-20)32-6/h7-13,15,25H,1-6H3,(H,26,28)(H,29,30)/b23-21-,25-14?/t15-/m0/s1. The molecule has 0 fully saturated rings. The number of carbonyl (C=O) groups is 2. The van der Waals surface area contributed by atoms with Gasteiger partial charge in [0.15, 0.2) is 0 Å². The maximum atomic E-state index is 13.2. The van der Waals surface area contributed by atoms with Crippen molar-refractivity contribution in [3.63, 3.8) is 0 Å². The molecule has 0 aliphatic rings. The van der Waals surface area contributed by atoms with Gasteiger partial charge in [0.1, 0.15) is 22.8 Å². The summed E-state index contributed by atoms with van der Waals surface area (Å²) in [4.78, 5) is 25.8. The molecule has 1 atom stereocenters. The van der Waals surface area contributed by atoms with Crippen LogP contribution in [-0.2, 0) is 4.79 Å². The number of methoxy groups -OCH3 is 2. The first-order chi connectivity index (χ1) is 15.6. The van der Waals surface area contributed by atoms with Crippen LogP contribution < -0.4 is 19.5 Å². The number of carbonyl (C=O) groups excluding carboxylic acids is 1. The zero-order chi connectivity index (χ0) is 24.7. The molecule has 9 nitrogen and oxygen atoms in total. The summed E-state index contributed by atoms with van der Waals surface area (Å²) in [5.74, 6) is 0.0418. The first-order valence-electron chi connectivity index (χ1n) is 10.1. The van der Waals surface area contributed by atoms with Gasteiger partial charge < -0.3 is 34.9 Å². The Kier molecular flexibility index (Phi) is 8.44. The number of hydrogen-bond donors (Lipinski definition) is 3. The predicted molar refractivity (Wildman–Crippen MR) is 124 cm³/mol. The van der Waals surface area contributed by atoms with Crippen LogP contribution in [0.25, 0.3) is 0 Å². The van der Waals surface area contributed by atoms with Gasteiger partial charge in [0, 0.05) is 38.0 Å². The molecule has 0 bridgehead atoms. The molecule has 0 spiro atoms. The van der Waals surface area contributed by atoms with Crippen molar-refractivity contribution in [2.24, 2.45) is 0 Å². The van der Waals surface area contributed by atoms with Gasteiger partial charge in [-0.3, -0.25) is 4.79 Å². The van der Waals surface area contributed by atoms with Gasteiger partial charge in [0.2, 0.25) is 5.88 Å². The molecule has 1 amide bonds. The van der Waals surface area contributed by atoms with Crippen LogP contribution in [0.5, 0.6) is 17.2 Å². The Morgan fingerprint density at radius 3 is 1.94 bits per heavy atom. The van der Waals surface area contributed by atoms with E-state index in [1.165, 1.54) is 33.3 Å². The lowest BCUT2D eigenvalue weighted by molar-refractivity contribution is -0.117. The Balaban J connectivity index is 2.38. The molecule has 0 saturated carbocycles. The molecule has 3 N–H and O–H groups in total. The topological polar surface area (TPSA) is 121 Å². The molecule has 0 aromatic heterocycles. The highest BCUT2D eigenvalue weighted by molar-refractivity contribution is 6.20. The van der Waals surface area contributed by atoms with E-state index in [-0.39, 0.29) is 22.7 Å². The van der Waals surface area contributed by atoms with Crippen LogP contribution >= 0.6 is 0 Å². The molecule has 2 aromatic carbocycles. The van der Waals surface area contributed by atoms with Crippen LogP contribution in [0.3, 0.4) is 0 Å². The van der Waals surface area contributed by atoms with E-state index in [1.54, 1.807) is 56.3 Å². The van der Waals surface area contributed by atoms with Crippen molar-refractivity contribution >= 4 is 17.6 Å². The van der Waals surface area contributed by atoms with E-state index in [9.17, 15) is 9.59 Å². The summed E-state index contributed by atoms with van der Waals surface area (Å²) in [5, 5.41) is 20.1. The van der Waals surface area contributed by atoms with Crippen molar-refractivity contribution < 1.29 is 28.9 Å².